The zero-order valence-electron chi connectivity index (χ0n) is 14.6. The highest BCUT2D eigenvalue weighted by Gasteiger charge is 2.41. The standard InChI is InChI=1S/C20H18Cl2N2O2/c1-11(2)24-19(25)17(15-9-6-13(21)10-16(15)22)18(20(24)26)23-14-7-4-12(3)5-8-14/h4-11,23H,1-3H3. The Labute approximate surface area is 162 Å². The van der Waals surface area contributed by atoms with Crippen LogP contribution in [0.5, 0.6) is 0 Å². The molecule has 1 aliphatic heterocycles. The van der Waals surface area contributed by atoms with E-state index in [1.165, 1.54) is 4.90 Å². The first kappa shape index (κ1) is 18.5. The van der Waals surface area contributed by atoms with E-state index in [1.54, 1.807) is 32.0 Å². The summed E-state index contributed by atoms with van der Waals surface area (Å²) >= 11 is 12.3. The van der Waals surface area contributed by atoms with Gasteiger partial charge in [-0.3, -0.25) is 14.5 Å². The van der Waals surface area contributed by atoms with Crippen LogP contribution in [0, 0.1) is 6.92 Å². The third-order valence-corrected chi connectivity index (χ3v) is 4.70. The number of imide groups is 1. The first-order valence-electron chi connectivity index (χ1n) is 8.21. The van der Waals surface area contributed by atoms with Gasteiger partial charge >= 0.3 is 0 Å². The van der Waals surface area contributed by atoms with E-state index in [4.69, 9.17) is 23.2 Å². The van der Waals surface area contributed by atoms with E-state index in [2.05, 4.69) is 5.32 Å². The summed E-state index contributed by atoms with van der Waals surface area (Å²) in [6.45, 7) is 5.57. The average molecular weight is 389 g/mol. The van der Waals surface area contributed by atoms with Crippen molar-refractivity contribution in [3.05, 3.63) is 69.3 Å². The lowest BCUT2D eigenvalue weighted by Crippen LogP contribution is -2.38. The highest BCUT2D eigenvalue weighted by Crippen LogP contribution is 2.36. The number of benzene rings is 2. The molecule has 0 saturated carbocycles. The topological polar surface area (TPSA) is 49.4 Å². The predicted molar refractivity (Wildman–Crippen MR) is 105 cm³/mol. The van der Waals surface area contributed by atoms with E-state index in [-0.39, 0.29) is 29.1 Å². The van der Waals surface area contributed by atoms with Crippen LogP contribution in [0.2, 0.25) is 10.0 Å². The molecule has 0 spiro atoms. The van der Waals surface area contributed by atoms with Crippen LogP contribution in [0.15, 0.2) is 48.2 Å². The van der Waals surface area contributed by atoms with Crippen molar-refractivity contribution in [1.29, 1.82) is 0 Å². The van der Waals surface area contributed by atoms with E-state index < -0.39 is 0 Å². The molecule has 2 amide bonds. The Bertz CT molecular complexity index is 918. The molecule has 4 nitrogen and oxygen atoms in total. The van der Waals surface area contributed by atoms with Gasteiger partial charge in [0.05, 0.1) is 10.6 Å². The monoisotopic (exact) mass is 388 g/mol. The lowest BCUT2D eigenvalue weighted by Gasteiger charge is -2.19. The predicted octanol–water partition coefficient (Wildman–Crippen LogP) is 4.90. The van der Waals surface area contributed by atoms with Crippen molar-refractivity contribution in [1.82, 2.24) is 4.90 Å². The molecule has 6 heteroatoms. The number of halogens is 2. The van der Waals surface area contributed by atoms with Gasteiger partial charge in [-0.25, -0.2) is 0 Å². The quantitative estimate of drug-likeness (QED) is 0.757. The molecule has 0 saturated heterocycles. The molecule has 0 unspecified atom stereocenters. The Morgan fingerprint density at radius 3 is 2.19 bits per heavy atom. The van der Waals surface area contributed by atoms with Crippen LogP contribution >= 0.6 is 23.2 Å². The van der Waals surface area contributed by atoms with Crippen LogP contribution in [0.3, 0.4) is 0 Å². The molecule has 0 radical (unpaired) electrons. The maximum Gasteiger partial charge on any atom is 0.278 e. The molecule has 1 heterocycles. The number of carbonyl (C=O) groups excluding carboxylic acids is 2. The van der Waals surface area contributed by atoms with Gasteiger partial charge in [0.25, 0.3) is 11.8 Å². The summed E-state index contributed by atoms with van der Waals surface area (Å²) in [5.74, 6) is -0.740. The van der Waals surface area contributed by atoms with E-state index >= 15 is 0 Å². The number of nitrogens with one attached hydrogen (secondary N) is 1. The Kier molecular flexibility index (Phi) is 5.08. The smallest absolute Gasteiger partial charge is 0.278 e. The third-order valence-electron chi connectivity index (χ3n) is 4.15. The summed E-state index contributed by atoms with van der Waals surface area (Å²) < 4.78 is 0. The number of hydrogen-bond donors (Lipinski definition) is 1. The van der Waals surface area contributed by atoms with Gasteiger partial charge in [0.1, 0.15) is 5.70 Å². The van der Waals surface area contributed by atoms with E-state index in [0.29, 0.717) is 15.6 Å². The highest BCUT2D eigenvalue weighted by atomic mass is 35.5. The number of aryl methyl sites for hydroxylation is 1. The van der Waals surface area contributed by atoms with E-state index in [0.717, 1.165) is 11.3 Å². The third kappa shape index (κ3) is 3.35. The zero-order valence-corrected chi connectivity index (χ0v) is 16.2. The van der Waals surface area contributed by atoms with Gasteiger partial charge in [-0.1, -0.05) is 47.0 Å². The van der Waals surface area contributed by atoms with Crippen LogP contribution < -0.4 is 5.32 Å². The molecule has 0 fully saturated rings. The summed E-state index contributed by atoms with van der Waals surface area (Å²) in [4.78, 5) is 27.1. The minimum atomic E-state index is -0.371. The number of anilines is 1. The summed E-state index contributed by atoms with van der Waals surface area (Å²) in [6.07, 6.45) is 0. The fourth-order valence-electron chi connectivity index (χ4n) is 2.86. The Hall–Kier alpha value is -2.30. The van der Waals surface area contributed by atoms with Crippen LogP contribution in [0.25, 0.3) is 5.57 Å². The van der Waals surface area contributed by atoms with Gasteiger partial charge in [0.15, 0.2) is 0 Å². The zero-order chi connectivity index (χ0) is 19.0. The molecule has 0 bridgehead atoms. The highest BCUT2D eigenvalue weighted by molar-refractivity contribution is 6.41. The first-order valence-corrected chi connectivity index (χ1v) is 8.96. The molecular formula is C20H18Cl2N2O2. The molecule has 2 aromatic rings. The summed E-state index contributed by atoms with van der Waals surface area (Å²) in [7, 11) is 0. The van der Waals surface area contributed by atoms with Gasteiger partial charge in [-0.05, 0) is 45.0 Å². The number of carbonyl (C=O) groups is 2. The fraction of sp³-hybridized carbons (Fsp3) is 0.200. The minimum absolute atomic E-state index is 0.219. The molecule has 0 aliphatic carbocycles. The molecule has 2 aromatic carbocycles. The van der Waals surface area contributed by atoms with Crippen molar-refractivity contribution >= 4 is 46.3 Å². The van der Waals surface area contributed by atoms with E-state index in [9.17, 15) is 9.59 Å². The van der Waals surface area contributed by atoms with Crippen LogP contribution in [-0.2, 0) is 9.59 Å². The minimum Gasteiger partial charge on any atom is -0.350 e. The molecule has 134 valence electrons. The van der Waals surface area contributed by atoms with Crippen molar-refractivity contribution in [3.63, 3.8) is 0 Å². The van der Waals surface area contributed by atoms with Crippen LogP contribution in [0.1, 0.15) is 25.0 Å². The Morgan fingerprint density at radius 1 is 0.962 bits per heavy atom. The van der Waals surface area contributed by atoms with Crippen molar-refractivity contribution in [3.8, 4) is 0 Å². The second kappa shape index (κ2) is 7.14. The summed E-state index contributed by atoms with van der Waals surface area (Å²) in [5.41, 5.74) is 2.78. The molecule has 0 aromatic heterocycles. The number of hydrogen-bond acceptors (Lipinski definition) is 3. The number of nitrogens with zero attached hydrogens (tertiary/aromatic N) is 1. The maximum atomic E-state index is 13.0. The molecule has 1 aliphatic rings. The SMILES string of the molecule is Cc1ccc(NC2=C(c3ccc(Cl)cc3Cl)C(=O)N(C(C)C)C2=O)cc1. The van der Waals surface area contributed by atoms with Crippen molar-refractivity contribution < 1.29 is 9.59 Å². The van der Waals surface area contributed by atoms with Crippen molar-refractivity contribution in [2.45, 2.75) is 26.8 Å². The first-order chi connectivity index (χ1) is 12.3. The molecular weight excluding hydrogens is 371 g/mol. The van der Waals surface area contributed by atoms with Gasteiger partial charge in [0, 0.05) is 22.3 Å². The van der Waals surface area contributed by atoms with Crippen molar-refractivity contribution in [2.24, 2.45) is 0 Å². The van der Waals surface area contributed by atoms with E-state index in [1.807, 2.05) is 31.2 Å². The molecule has 0 atom stereocenters. The van der Waals surface area contributed by atoms with Crippen LogP contribution in [-0.4, -0.2) is 22.8 Å². The van der Waals surface area contributed by atoms with Crippen LogP contribution in [0.4, 0.5) is 5.69 Å². The van der Waals surface area contributed by atoms with Gasteiger partial charge in [0.2, 0.25) is 0 Å². The second-order valence-electron chi connectivity index (χ2n) is 6.44. The van der Waals surface area contributed by atoms with Gasteiger partial charge in [-0.2, -0.15) is 0 Å². The van der Waals surface area contributed by atoms with Crippen molar-refractivity contribution in [2.75, 3.05) is 5.32 Å². The molecule has 1 N–H and O–H groups in total. The fourth-order valence-corrected chi connectivity index (χ4v) is 3.36. The molecule has 3 rings (SSSR count). The van der Waals surface area contributed by atoms with Gasteiger partial charge < -0.3 is 5.32 Å². The average Bonchev–Trinajstić information content (AvgIpc) is 2.80. The molecule has 26 heavy (non-hydrogen) atoms. The Balaban J connectivity index is 2.14. The lowest BCUT2D eigenvalue weighted by atomic mass is 10.0. The maximum absolute atomic E-state index is 13.0. The normalized spacial score (nSPS) is 14.6. The largest absolute Gasteiger partial charge is 0.350 e. The summed E-state index contributed by atoms with van der Waals surface area (Å²) in [5, 5.41) is 3.88. The Morgan fingerprint density at radius 2 is 1.62 bits per heavy atom. The number of amides is 2. The summed E-state index contributed by atoms with van der Waals surface area (Å²) in [6, 6.07) is 12.2. The lowest BCUT2D eigenvalue weighted by molar-refractivity contribution is -0.138. The van der Waals surface area contributed by atoms with Gasteiger partial charge in [-0.15, -0.1) is 0 Å². The second-order valence-corrected chi connectivity index (χ2v) is 7.28. The number of rotatable bonds is 4.